The zero-order valence-electron chi connectivity index (χ0n) is 11.7. The normalized spacial score (nSPS) is 20.7. The summed E-state index contributed by atoms with van der Waals surface area (Å²) < 4.78 is 7.55. The molecule has 0 aromatic carbocycles. The summed E-state index contributed by atoms with van der Waals surface area (Å²) in [6.07, 6.45) is 6.66. The van der Waals surface area contributed by atoms with Crippen molar-refractivity contribution in [2.75, 3.05) is 7.11 Å². The molecule has 0 aliphatic heterocycles. The Bertz CT molecular complexity index is 373. The van der Waals surface area contributed by atoms with Gasteiger partial charge in [0.05, 0.1) is 11.8 Å². The third kappa shape index (κ3) is 3.12. The lowest BCUT2D eigenvalue weighted by Crippen LogP contribution is -2.39. The van der Waals surface area contributed by atoms with E-state index in [4.69, 9.17) is 10.5 Å². The van der Waals surface area contributed by atoms with Crippen molar-refractivity contribution in [3.8, 4) is 0 Å². The van der Waals surface area contributed by atoms with Gasteiger partial charge in [0.2, 0.25) is 0 Å². The van der Waals surface area contributed by atoms with Crippen LogP contribution in [-0.4, -0.2) is 29.0 Å². The predicted molar refractivity (Wildman–Crippen MR) is 72.4 cm³/mol. The van der Waals surface area contributed by atoms with Crippen LogP contribution in [0.1, 0.15) is 44.8 Å². The molecule has 4 nitrogen and oxygen atoms in total. The van der Waals surface area contributed by atoms with Crippen molar-refractivity contribution in [2.24, 2.45) is 11.7 Å². The van der Waals surface area contributed by atoms with Crippen LogP contribution in [0.3, 0.4) is 0 Å². The minimum Gasteiger partial charge on any atom is -0.380 e. The second-order valence-corrected chi connectivity index (χ2v) is 5.45. The van der Waals surface area contributed by atoms with Gasteiger partial charge in [-0.25, -0.2) is 0 Å². The Labute approximate surface area is 110 Å². The number of methoxy groups -OCH3 is 1. The first-order valence-corrected chi connectivity index (χ1v) is 6.98. The van der Waals surface area contributed by atoms with Gasteiger partial charge in [-0.1, -0.05) is 6.92 Å². The lowest BCUT2D eigenvalue weighted by Gasteiger charge is -2.21. The summed E-state index contributed by atoms with van der Waals surface area (Å²) >= 11 is 0. The number of rotatable bonds is 7. The van der Waals surface area contributed by atoms with E-state index in [-0.39, 0.29) is 12.1 Å². The number of hydrogen-bond acceptors (Lipinski definition) is 3. The summed E-state index contributed by atoms with van der Waals surface area (Å²) in [5.41, 5.74) is 7.32. The van der Waals surface area contributed by atoms with E-state index < -0.39 is 0 Å². The number of nitrogens with two attached hydrogens (primary N) is 1. The summed E-state index contributed by atoms with van der Waals surface area (Å²) in [6, 6.07) is 2.59. The Morgan fingerprint density at radius 3 is 2.83 bits per heavy atom. The van der Waals surface area contributed by atoms with E-state index in [0.717, 1.165) is 18.5 Å². The van der Waals surface area contributed by atoms with Crippen LogP contribution in [0.4, 0.5) is 0 Å². The lowest BCUT2D eigenvalue weighted by molar-refractivity contribution is 0.0623. The Morgan fingerprint density at radius 2 is 2.28 bits per heavy atom. The molecule has 0 spiro atoms. The van der Waals surface area contributed by atoms with Crippen LogP contribution in [0.15, 0.2) is 12.3 Å². The number of aromatic nitrogens is 2. The zero-order valence-corrected chi connectivity index (χ0v) is 11.7. The highest BCUT2D eigenvalue weighted by atomic mass is 16.5. The van der Waals surface area contributed by atoms with Gasteiger partial charge in [0.15, 0.2) is 0 Å². The van der Waals surface area contributed by atoms with Crippen molar-refractivity contribution in [3.63, 3.8) is 0 Å². The minimum atomic E-state index is 0.0581. The first-order chi connectivity index (χ1) is 8.65. The lowest BCUT2D eigenvalue weighted by atomic mass is 10.0. The van der Waals surface area contributed by atoms with E-state index in [1.54, 1.807) is 7.11 Å². The van der Waals surface area contributed by atoms with Crippen molar-refractivity contribution in [2.45, 2.75) is 57.7 Å². The van der Waals surface area contributed by atoms with Crippen molar-refractivity contribution in [1.29, 1.82) is 0 Å². The van der Waals surface area contributed by atoms with Crippen LogP contribution in [0, 0.1) is 5.92 Å². The van der Waals surface area contributed by atoms with Gasteiger partial charge < -0.3 is 10.5 Å². The van der Waals surface area contributed by atoms with Gasteiger partial charge in [0, 0.05) is 31.8 Å². The van der Waals surface area contributed by atoms with Crippen LogP contribution in [-0.2, 0) is 11.2 Å². The Hall–Kier alpha value is -0.870. The predicted octanol–water partition coefficient (Wildman–Crippen LogP) is 2.15. The first-order valence-electron chi connectivity index (χ1n) is 6.98. The third-order valence-electron chi connectivity index (χ3n) is 3.93. The standard InChI is InChI=1S/C14H25N3O/c1-4-10(2)17-8-7-12(16-17)9-13(15)14(18-3)11-5-6-11/h7-8,10-11,13-14H,4-6,9,15H2,1-3H3. The van der Waals surface area contributed by atoms with Gasteiger partial charge in [-0.05, 0) is 38.2 Å². The number of nitrogens with zero attached hydrogens (tertiary/aromatic N) is 2. The second kappa shape index (κ2) is 5.85. The van der Waals surface area contributed by atoms with E-state index in [1.807, 2.05) is 4.68 Å². The highest BCUT2D eigenvalue weighted by molar-refractivity contribution is 5.04. The molecule has 4 heteroatoms. The van der Waals surface area contributed by atoms with Crippen molar-refractivity contribution < 1.29 is 4.74 Å². The molecule has 2 rings (SSSR count). The van der Waals surface area contributed by atoms with E-state index in [2.05, 4.69) is 31.2 Å². The molecule has 18 heavy (non-hydrogen) atoms. The highest BCUT2D eigenvalue weighted by Crippen LogP contribution is 2.35. The maximum atomic E-state index is 6.25. The topological polar surface area (TPSA) is 53.1 Å². The SMILES string of the molecule is CCC(C)n1ccc(CC(N)C(OC)C2CC2)n1. The van der Waals surface area contributed by atoms with Gasteiger partial charge in [-0.15, -0.1) is 0 Å². The van der Waals surface area contributed by atoms with Crippen molar-refractivity contribution in [1.82, 2.24) is 9.78 Å². The van der Waals surface area contributed by atoms with Crippen LogP contribution >= 0.6 is 0 Å². The van der Waals surface area contributed by atoms with Gasteiger partial charge >= 0.3 is 0 Å². The molecule has 1 aromatic heterocycles. The first kappa shape index (κ1) is 13.6. The molecule has 2 N–H and O–H groups in total. The zero-order chi connectivity index (χ0) is 13.1. The average Bonchev–Trinajstić information content (AvgIpc) is 3.08. The Kier molecular flexibility index (Phi) is 4.40. The molecule has 0 radical (unpaired) electrons. The Morgan fingerprint density at radius 1 is 1.56 bits per heavy atom. The maximum Gasteiger partial charge on any atom is 0.0754 e. The number of ether oxygens (including phenoxy) is 1. The quantitative estimate of drug-likeness (QED) is 0.808. The van der Waals surface area contributed by atoms with Crippen LogP contribution in [0.5, 0.6) is 0 Å². The second-order valence-electron chi connectivity index (χ2n) is 5.45. The van der Waals surface area contributed by atoms with Crippen molar-refractivity contribution >= 4 is 0 Å². The molecule has 1 aromatic rings. The molecule has 0 amide bonds. The molecule has 0 bridgehead atoms. The molecular weight excluding hydrogens is 226 g/mol. The fraction of sp³-hybridized carbons (Fsp3) is 0.786. The molecule has 0 saturated heterocycles. The molecule has 102 valence electrons. The van der Waals surface area contributed by atoms with Gasteiger partial charge in [0.25, 0.3) is 0 Å². The van der Waals surface area contributed by atoms with Gasteiger partial charge in [-0.2, -0.15) is 5.10 Å². The summed E-state index contributed by atoms with van der Waals surface area (Å²) in [4.78, 5) is 0. The number of hydrogen-bond donors (Lipinski definition) is 1. The third-order valence-corrected chi connectivity index (χ3v) is 3.93. The van der Waals surface area contributed by atoms with E-state index in [9.17, 15) is 0 Å². The largest absolute Gasteiger partial charge is 0.380 e. The molecule has 1 heterocycles. The Balaban J connectivity index is 1.93. The fourth-order valence-electron chi connectivity index (χ4n) is 2.42. The van der Waals surface area contributed by atoms with Crippen LogP contribution in [0.25, 0.3) is 0 Å². The summed E-state index contributed by atoms with van der Waals surface area (Å²) in [6.45, 7) is 4.35. The summed E-state index contributed by atoms with van der Waals surface area (Å²) in [5, 5.41) is 4.60. The summed E-state index contributed by atoms with van der Waals surface area (Å²) in [7, 11) is 1.76. The summed E-state index contributed by atoms with van der Waals surface area (Å²) in [5.74, 6) is 0.668. The molecular formula is C14H25N3O. The van der Waals surface area contributed by atoms with E-state index in [1.165, 1.54) is 12.8 Å². The van der Waals surface area contributed by atoms with Crippen molar-refractivity contribution in [3.05, 3.63) is 18.0 Å². The van der Waals surface area contributed by atoms with Gasteiger partial charge in [-0.3, -0.25) is 4.68 Å². The molecule has 3 unspecified atom stereocenters. The molecule has 3 atom stereocenters. The monoisotopic (exact) mass is 251 g/mol. The van der Waals surface area contributed by atoms with Gasteiger partial charge in [0.1, 0.15) is 0 Å². The minimum absolute atomic E-state index is 0.0581. The fourth-order valence-corrected chi connectivity index (χ4v) is 2.42. The van der Waals surface area contributed by atoms with E-state index in [0.29, 0.717) is 12.0 Å². The molecule has 1 aliphatic rings. The average molecular weight is 251 g/mol. The molecule has 1 aliphatic carbocycles. The van der Waals surface area contributed by atoms with Crippen LogP contribution in [0.2, 0.25) is 0 Å². The molecule has 1 saturated carbocycles. The smallest absolute Gasteiger partial charge is 0.0754 e. The highest BCUT2D eigenvalue weighted by Gasteiger charge is 2.35. The molecule has 1 fully saturated rings. The maximum absolute atomic E-state index is 6.25. The van der Waals surface area contributed by atoms with E-state index >= 15 is 0 Å². The van der Waals surface area contributed by atoms with Crippen LogP contribution < -0.4 is 5.73 Å².